The first-order valence-electron chi connectivity index (χ1n) is 9.81. The fourth-order valence-electron chi connectivity index (χ4n) is 2.52. The van der Waals surface area contributed by atoms with E-state index in [2.05, 4.69) is 12.2 Å². The Hall–Kier alpha value is -1.14. The van der Waals surface area contributed by atoms with Crippen LogP contribution in [0.5, 0.6) is 0 Å². The zero-order valence-corrected chi connectivity index (χ0v) is 16.3. The molecule has 25 heavy (non-hydrogen) atoms. The highest BCUT2D eigenvalue weighted by Crippen LogP contribution is 2.09. The standard InChI is InChI=1S/C17H36N2O2.C2H4O2/c1-2-3-4-5-6-7-8-9-12-15-19-16(17(20)21)13-10-11-14-18;1-2(3)4/h16,19H,2-15,18H2,1H3,(H,20,21);1H3,(H,3,4). The van der Waals surface area contributed by atoms with Crippen LogP contribution in [0.1, 0.15) is 90.9 Å². The number of carbonyl (C=O) groups is 2. The van der Waals surface area contributed by atoms with Crippen molar-refractivity contribution in [2.45, 2.75) is 96.9 Å². The van der Waals surface area contributed by atoms with Crippen LogP contribution in [-0.4, -0.2) is 41.3 Å². The number of hydrogen-bond donors (Lipinski definition) is 4. The summed E-state index contributed by atoms with van der Waals surface area (Å²) in [4.78, 5) is 20.1. The molecule has 5 N–H and O–H groups in total. The monoisotopic (exact) mass is 360 g/mol. The van der Waals surface area contributed by atoms with Gasteiger partial charge < -0.3 is 21.3 Å². The molecule has 0 heterocycles. The van der Waals surface area contributed by atoms with E-state index in [1.54, 1.807) is 0 Å². The number of nitrogens with one attached hydrogen (secondary N) is 1. The normalized spacial score (nSPS) is 11.5. The Balaban J connectivity index is 0. The molecule has 0 saturated carbocycles. The molecule has 0 aliphatic rings. The maximum atomic E-state index is 11.1. The maximum Gasteiger partial charge on any atom is 0.320 e. The van der Waals surface area contributed by atoms with Gasteiger partial charge in [-0.2, -0.15) is 0 Å². The lowest BCUT2D eigenvalue weighted by molar-refractivity contribution is -0.139. The van der Waals surface area contributed by atoms with Gasteiger partial charge in [0.25, 0.3) is 5.97 Å². The Morgan fingerprint density at radius 1 is 0.880 bits per heavy atom. The molecule has 6 heteroatoms. The minimum atomic E-state index is -0.833. The molecule has 0 spiro atoms. The molecule has 1 unspecified atom stereocenters. The van der Waals surface area contributed by atoms with E-state index >= 15 is 0 Å². The van der Waals surface area contributed by atoms with Gasteiger partial charge in [-0.05, 0) is 32.4 Å². The highest BCUT2D eigenvalue weighted by molar-refractivity contribution is 5.73. The van der Waals surface area contributed by atoms with Crippen molar-refractivity contribution in [1.82, 2.24) is 5.32 Å². The first kappa shape index (κ1) is 26.1. The van der Waals surface area contributed by atoms with Gasteiger partial charge in [-0.3, -0.25) is 9.59 Å². The average molecular weight is 361 g/mol. The van der Waals surface area contributed by atoms with Crippen LogP contribution in [0.3, 0.4) is 0 Å². The van der Waals surface area contributed by atoms with Gasteiger partial charge in [0.2, 0.25) is 0 Å². The van der Waals surface area contributed by atoms with Crippen molar-refractivity contribution in [2.75, 3.05) is 13.1 Å². The largest absolute Gasteiger partial charge is 0.481 e. The smallest absolute Gasteiger partial charge is 0.320 e. The first-order valence-corrected chi connectivity index (χ1v) is 9.81. The quantitative estimate of drug-likeness (QED) is 0.312. The second-order valence-electron chi connectivity index (χ2n) is 6.48. The second kappa shape index (κ2) is 20.9. The van der Waals surface area contributed by atoms with Crippen molar-refractivity contribution in [1.29, 1.82) is 0 Å². The van der Waals surface area contributed by atoms with Crippen LogP contribution in [-0.2, 0) is 9.59 Å². The summed E-state index contributed by atoms with van der Waals surface area (Å²) in [5.74, 6) is -1.57. The highest BCUT2D eigenvalue weighted by Gasteiger charge is 2.15. The molecule has 0 aromatic heterocycles. The third-order valence-corrected chi connectivity index (χ3v) is 3.92. The average Bonchev–Trinajstić information content (AvgIpc) is 2.54. The summed E-state index contributed by atoms with van der Waals surface area (Å²) in [5.41, 5.74) is 5.43. The summed E-state index contributed by atoms with van der Waals surface area (Å²) >= 11 is 0. The zero-order valence-electron chi connectivity index (χ0n) is 16.3. The van der Waals surface area contributed by atoms with Gasteiger partial charge in [0.05, 0.1) is 0 Å². The molecule has 0 aromatic rings. The van der Waals surface area contributed by atoms with Gasteiger partial charge in [-0.1, -0.05) is 64.7 Å². The van der Waals surface area contributed by atoms with Crippen LogP contribution in [0.25, 0.3) is 0 Å². The topological polar surface area (TPSA) is 113 Å². The van der Waals surface area contributed by atoms with Crippen LogP contribution in [0.2, 0.25) is 0 Å². The van der Waals surface area contributed by atoms with Crippen LogP contribution in [0.15, 0.2) is 0 Å². The highest BCUT2D eigenvalue weighted by atomic mass is 16.4. The maximum absolute atomic E-state index is 11.1. The Kier molecular flexibility index (Phi) is 21.8. The lowest BCUT2D eigenvalue weighted by atomic mass is 10.1. The third-order valence-electron chi connectivity index (χ3n) is 3.92. The third kappa shape index (κ3) is 25.2. The number of carboxylic acid groups (broad SMARTS) is 2. The molecule has 0 amide bonds. The summed E-state index contributed by atoms with van der Waals surface area (Å²) in [6.07, 6.45) is 14.1. The summed E-state index contributed by atoms with van der Waals surface area (Å²) in [5, 5.41) is 19.7. The minimum Gasteiger partial charge on any atom is -0.481 e. The number of carboxylic acids is 2. The SMILES string of the molecule is CC(=O)O.CCCCCCCCCCCNC(CCCCN)C(=O)O. The molecule has 0 bridgehead atoms. The first-order chi connectivity index (χ1) is 12.0. The molecule has 0 saturated heterocycles. The molecule has 6 nitrogen and oxygen atoms in total. The molecule has 0 aliphatic heterocycles. The number of aliphatic carboxylic acids is 2. The van der Waals surface area contributed by atoms with Crippen molar-refractivity contribution in [3.63, 3.8) is 0 Å². The molecule has 0 aromatic carbocycles. The Labute approximate surface area is 153 Å². The molecule has 150 valence electrons. The van der Waals surface area contributed by atoms with Gasteiger partial charge in [-0.15, -0.1) is 0 Å². The van der Waals surface area contributed by atoms with Crippen molar-refractivity contribution in [2.24, 2.45) is 5.73 Å². The van der Waals surface area contributed by atoms with Crippen LogP contribution in [0, 0.1) is 0 Å². The molecular weight excluding hydrogens is 320 g/mol. The summed E-state index contributed by atoms with van der Waals surface area (Å²) < 4.78 is 0. The van der Waals surface area contributed by atoms with Crippen molar-refractivity contribution in [3.05, 3.63) is 0 Å². The van der Waals surface area contributed by atoms with E-state index in [0.717, 1.165) is 32.7 Å². The Bertz CT molecular complexity index is 308. The van der Waals surface area contributed by atoms with Crippen LogP contribution < -0.4 is 11.1 Å². The lowest BCUT2D eigenvalue weighted by Gasteiger charge is -2.14. The van der Waals surface area contributed by atoms with E-state index in [0.29, 0.717) is 13.0 Å². The predicted molar refractivity (Wildman–Crippen MR) is 103 cm³/mol. The minimum absolute atomic E-state index is 0.398. The number of rotatable bonds is 16. The zero-order chi connectivity index (χ0) is 19.3. The summed E-state index contributed by atoms with van der Waals surface area (Å²) in [6.45, 7) is 4.79. The van der Waals surface area contributed by atoms with Gasteiger partial charge in [0, 0.05) is 6.92 Å². The molecule has 1 atom stereocenters. The summed E-state index contributed by atoms with van der Waals surface area (Å²) in [6, 6.07) is -0.398. The molecule has 0 fully saturated rings. The number of hydrogen-bond acceptors (Lipinski definition) is 4. The molecule has 0 radical (unpaired) electrons. The Morgan fingerprint density at radius 2 is 1.36 bits per heavy atom. The van der Waals surface area contributed by atoms with Gasteiger partial charge in [-0.25, -0.2) is 0 Å². The van der Waals surface area contributed by atoms with E-state index < -0.39 is 18.0 Å². The lowest BCUT2D eigenvalue weighted by Crippen LogP contribution is -2.37. The van der Waals surface area contributed by atoms with E-state index in [1.165, 1.54) is 51.4 Å². The second-order valence-corrected chi connectivity index (χ2v) is 6.48. The fraction of sp³-hybridized carbons (Fsp3) is 0.895. The summed E-state index contributed by atoms with van der Waals surface area (Å²) in [7, 11) is 0. The van der Waals surface area contributed by atoms with Crippen molar-refractivity contribution in [3.8, 4) is 0 Å². The molecule has 0 aliphatic carbocycles. The van der Waals surface area contributed by atoms with Crippen molar-refractivity contribution < 1.29 is 19.8 Å². The van der Waals surface area contributed by atoms with E-state index in [9.17, 15) is 4.79 Å². The van der Waals surface area contributed by atoms with Gasteiger partial charge in [0.1, 0.15) is 6.04 Å². The van der Waals surface area contributed by atoms with Crippen LogP contribution >= 0.6 is 0 Å². The number of nitrogens with two attached hydrogens (primary N) is 1. The van der Waals surface area contributed by atoms with E-state index in [4.69, 9.17) is 20.7 Å². The van der Waals surface area contributed by atoms with Gasteiger partial charge >= 0.3 is 5.97 Å². The van der Waals surface area contributed by atoms with Crippen molar-refractivity contribution >= 4 is 11.9 Å². The van der Waals surface area contributed by atoms with E-state index in [-0.39, 0.29) is 0 Å². The molecular formula is C19H40N2O4. The fourth-order valence-corrected chi connectivity index (χ4v) is 2.52. The Morgan fingerprint density at radius 3 is 1.80 bits per heavy atom. The van der Waals surface area contributed by atoms with E-state index in [1.807, 2.05) is 0 Å². The predicted octanol–water partition coefficient (Wildman–Crippen LogP) is 3.78. The van der Waals surface area contributed by atoms with Crippen LogP contribution in [0.4, 0.5) is 0 Å². The van der Waals surface area contributed by atoms with Gasteiger partial charge in [0.15, 0.2) is 0 Å². The molecule has 0 rings (SSSR count). The number of unbranched alkanes of at least 4 members (excludes halogenated alkanes) is 9.